The van der Waals surface area contributed by atoms with Crippen molar-refractivity contribution in [2.45, 2.75) is 255 Å². The van der Waals surface area contributed by atoms with Gasteiger partial charge >= 0.3 is 29.8 Å². The molecule has 0 radical (unpaired) electrons. The first kappa shape index (κ1) is 111. The molecule has 2 aromatic heterocycles. The van der Waals surface area contributed by atoms with Crippen LogP contribution in [0, 0.1) is 34.0 Å². The summed E-state index contributed by atoms with van der Waals surface area (Å²) in [5.74, 6) is -28.3. The molecule has 0 aliphatic heterocycles. The maximum atomic E-state index is 14.8. The lowest BCUT2D eigenvalue weighted by molar-refractivity contribution is -0.147. The molecule has 0 fully saturated rings. The summed E-state index contributed by atoms with van der Waals surface area (Å²) in [7, 11) is 0. The van der Waals surface area contributed by atoms with Crippen LogP contribution >= 0.6 is 0 Å². The van der Waals surface area contributed by atoms with Crippen molar-refractivity contribution in [1.29, 1.82) is 16.2 Å². The Labute approximate surface area is 739 Å². The second-order valence-electron chi connectivity index (χ2n) is 31.2. The quantitative estimate of drug-likeness (QED) is 0.0166. The second kappa shape index (κ2) is 56.5. The molecular formula is C75H123N29O25. The smallest absolute Gasteiger partial charge is 0.326 e. The molecule has 0 aliphatic carbocycles. The molecule has 718 valence electrons. The predicted octanol–water partition coefficient (Wildman–Crippen LogP) is -9.75. The van der Waals surface area contributed by atoms with Crippen LogP contribution in [-0.4, -0.2) is 292 Å². The van der Waals surface area contributed by atoms with Crippen LogP contribution in [0.1, 0.15) is 163 Å². The summed E-state index contributed by atoms with van der Waals surface area (Å²) < 4.78 is 0. The van der Waals surface area contributed by atoms with Gasteiger partial charge in [0.15, 0.2) is 17.9 Å². The number of carbonyl (C=O) groups is 20. The Balaban J connectivity index is 2.64. The van der Waals surface area contributed by atoms with Crippen molar-refractivity contribution in [3.63, 3.8) is 0 Å². The Bertz CT molecular complexity index is 4220. The van der Waals surface area contributed by atoms with Crippen molar-refractivity contribution in [3.8, 4) is 0 Å². The fourth-order valence-corrected chi connectivity index (χ4v) is 12.1. The van der Waals surface area contributed by atoms with E-state index in [1.54, 1.807) is 13.8 Å². The van der Waals surface area contributed by atoms with Gasteiger partial charge in [0.05, 0.1) is 42.9 Å². The molecule has 129 heavy (non-hydrogen) atoms. The van der Waals surface area contributed by atoms with E-state index in [0.717, 1.165) is 6.92 Å². The van der Waals surface area contributed by atoms with Crippen LogP contribution in [0.2, 0.25) is 0 Å². The van der Waals surface area contributed by atoms with Gasteiger partial charge in [0.1, 0.15) is 84.6 Å². The number of hydrogen-bond acceptors (Lipinski definition) is 26. The number of guanidine groups is 3. The van der Waals surface area contributed by atoms with Crippen molar-refractivity contribution < 1.29 is 121 Å². The molecule has 0 unspecified atom stereocenters. The van der Waals surface area contributed by atoms with E-state index in [1.807, 2.05) is 0 Å². The Morgan fingerprint density at radius 2 is 0.628 bits per heavy atom. The number of aromatic amines is 2. The van der Waals surface area contributed by atoms with E-state index >= 15 is 0 Å². The number of hydrogen-bond donors (Lipinski definition) is 32. The minimum atomic E-state index is -2.08. The largest absolute Gasteiger partial charge is 0.481 e. The molecule has 54 nitrogen and oxygen atoms in total. The van der Waals surface area contributed by atoms with E-state index in [1.165, 1.54) is 59.7 Å². The third-order valence-electron chi connectivity index (χ3n) is 18.9. The number of nitrogens with zero attached hydrogens (tertiary/aromatic N) is 2. The molecular weight excluding hydrogens is 1710 g/mol. The summed E-state index contributed by atoms with van der Waals surface area (Å²) in [6.45, 7) is 11.4. The second-order valence-corrected chi connectivity index (χ2v) is 31.2. The molecule has 0 aliphatic rings. The standard InChI is InChI=1S/C75H123N29O25/c1-33(2)24-46(66(122)100-48(26-39-30-85-32-90-39)68(124)95-44(16-19-52(106)107)60(116)91-37(8)59(115)98-47(25-38-29-84-31-89-38)67(123)92-40(12-9-21-86-73(78)79)62(118)102-50(72(128)129)28-55(112)113)99-63(119)43(15-18-51(77)105)94-61(117)41(13-10-22-87-74(80)81)96-71(127)57(35(5)6)104-65(121)42(14-11-23-88-75(82)83)93-69(125)49(27-54(110)111)101-64(120)45(17-20-53(108)109)97-70(126)56(34(3)4)103-58(114)36(7)76/h29-37,40-50,56-57H,9-28,76H2,1-8H3,(H2,77,105)(H,84,89)(H,85,90)(H,91,116)(H,92,123)(H,93,125)(H,94,117)(H,95,124)(H,96,127)(H,97,126)(H,98,115)(H,99,119)(H,100,122)(H,101,120)(H,102,118)(H,103,114)(H,104,121)(H,106,107)(H,108,109)(H,110,111)(H,112,113)(H,128,129)(H4,78,79,86)(H4,80,81,87)(H4,82,83,88)/t36-,37-,40-,41-,42-,43-,44-,45-,46-,47-,48-,49-,50-,56-,57-/m0/s1. The van der Waals surface area contributed by atoms with Gasteiger partial charge in [0.2, 0.25) is 88.6 Å². The zero-order chi connectivity index (χ0) is 97.6. The molecule has 2 rings (SSSR count). The highest BCUT2D eigenvalue weighted by molar-refractivity contribution is 6.01. The molecule has 0 saturated carbocycles. The van der Waals surface area contributed by atoms with Gasteiger partial charge in [-0.2, -0.15) is 0 Å². The SMILES string of the molecule is CC(C)C[C@H](NC(=O)[C@H](CCC(N)=O)NC(=O)[C@H](CCCNC(=N)N)NC(=O)[C@@H](NC(=O)[C@H](CCCNC(=N)N)NC(=O)[C@H](CC(=O)O)NC(=O)[C@H](CCC(=O)O)NC(=O)[C@@H](NC(=O)[C@H](C)N)C(C)C)C(C)C)C(=O)N[C@@H](Cc1c[nH]cn1)C(=O)N[C@@H](CCC(=O)O)C(=O)N[C@@H](C)C(=O)N[C@@H](Cc1c[nH]cn1)C(=O)N[C@@H](CCCNC(=N)N)C(=O)N[C@@H](CC(=O)O)C(=O)O. The average Bonchev–Trinajstić information content (AvgIpc) is 1.54. The highest BCUT2D eigenvalue weighted by atomic mass is 16.4. The molecule has 37 N–H and O–H groups in total. The van der Waals surface area contributed by atoms with Gasteiger partial charge < -0.3 is 155 Å². The number of aliphatic carboxylic acids is 5. The average molecular weight is 1830 g/mol. The van der Waals surface area contributed by atoms with Crippen LogP contribution in [-0.2, 0) is 109 Å². The van der Waals surface area contributed by atoms with Crippen molar-refractivity contribution >= 4 is 136 Å². The first-order chi connectivity index (χ1) is 60.4. The van der Waals surface area contributed by atoms with Crippen LogP contribution < -0.4 is 119 Å². The monoisotopic (exact) mass is 1830 g/mol. The summed E-state index contributed by atoms with van der Waals surface area (Å²) >= 11 is 0. The van der Waals surface area contributed by atoms with Gasteiger partial charge in [-0.15, -0.1) is 0 Å². The summed E-state index contributed by atoms with van der Waals surface area (Å²) in [5, 5.41) is 112. The van der Waals surface area contributed by atoms with E-state index in [4.69, 9.17) is 44.9 Å². The van der Waals surface area contributed by atoms with Crippen LogP contribution in [0.3, 0.4) is 0 Å². The van der Waals surface area contributed by atoms with Gasteiger partial charge in [-0.05, 0) is 95.8 Å². The highest BCUT2D eigenvalue weighted by Crippen LogP contribution is 2.15. The first-order valence-corrected chi connectivity index (χ1v) is 41.0. The fraction of sp³-hybridized carbons (Fsp3) is 0.613. The number of aromatic nitrogens is 4. The number of imidazole rings is 2. The minimum absolute atomic E-state index is 0.00733. The van der Waals surface area contributed by atoms with Crippen LogP contribution in [0.15, 0.2) is 25.0 Å². The third-order valence-corrected chi connectivity index (χ3v) is 18.9. The van der Waals surface area contributed by atoms with E-state index < -0.39 is 309 Å². The minimum Gasteiger partial charge on any atom is -0.481 e. The number of H-pyrrole nitrogens is 2. The Kier molecular flexibility index (Phi) is 48.5. The van der Waals surface area contributed by atoms with Crippen molar-refractivity contribution in [2.75, 3.05) is 19.6 Å². The lowest BCUT2D eigenvalue weighted by Gasteiger charge is -2.29. The number of primary amides is 1. The number of carbonyl (C=O) groups excluding carboxylic acids is 15. The number of carboxylic acids is 5. The summed E-state index contributed by atoms with van der Waals surface area (Å²) in [5.41, 5.74) is 27.8. The van der Waals surface area contributed by atoms with Crippen molar-refractivity contribution in [3.05, 3.63) is 36.4 Å². The molecule has 54 heteroatoms. The first-order valence-electron chi connectivity index (χ1n) is 41.0. The van der Waals surface area contributed by atoms with Gasteiger partial charge in [-0.3, -0.25) is 107 Å². The lowest BCUT2D eigenvalue weighted by Crippen LogP contribution is -2.61. The molecule has 0 aromatic carbocycles. The number of nitrogens with two attached hydrogens (primary N) is 5. The van der Waals surface area contributed by atoms with E-state index in [2.05, 4.69) is 110 Å². The van der Waals surface area contributed by atoms with Crippen molar-refractivity contribution in [2.24, 2.45) is 46.4 Å². The van der Waals surface area contributed by atoms with E-state index in [9.17, 15) is 121 Å². The predicted molar refractivity (Wildman–Crippen MR) is 452 cm³/mol. The van der Waals surface area contributed by atoms with Gasteiger partial charge in [0.25, 0.3) is 0 Å². The lowest BCUT2D eigenvalue weighted by atomic mass is 10.00. The number of carboxylic acid groups (broad SMARTS) is 5. The zero-order valence-electron chi connectivity index (χ0n) is 72.5. The summed E-state index contributed by atoms with van der Waals surface area (Å²) in [4.78, 5) is 284. The van der Waals surface area contributed by atoms with Gasteiger partial charge in [-0.25, -0.2) is 14.8 Å². The Hall–Kier alpha value is -14.4. The molecule has 0 saturated heterocycles. The van der Waals surface area contributed by atoms with Crippen LogP contribution in [0.4, 0.5) is 0 Å². The maximum Gasteiger partial charge on any atom is 0.326 e. The Morgan fingerprint density at radius 3 is 0.953 bits per heavy atom. The molecule has 15 amide bonds. The summed E-state index contributed by atoms with van der Waals surface area (Å²) in [6.07, 6.45) is -3.57. The third kappa shape index (κ3) is 43.9. The van der Waals surface area contributed by atoms with E-state index in [-0.39, 0.29) is 76.0 Å². The maximum absolute atomic E-state index is 14.8. The Morgan fingerprint density at radius 1 is 0.341 bits per heavy atom. The molecule has 0 bridgehead atoms. The van der Waals surface area contributed by atoms with Crippen LogP contribution in [0.5, 0.6) is 0 Å². The van der Waals surface area contributed by atoms with Gasteiger partial charge in [0, 0.05) is 64.1 Å². The molecule has 2 heterocycles. The highest BCUT2D eigenvalue weighted by Gasteiger charge is 2.40. The topological polar surface area (TPSA) is 906 Å². The molecule has 2 aromatic rings. The van der Waals surface area contributed by atoms with Crippen LogP contribution in [0.25, 0.3) is 0 Å². The molecule has 0 spiro atoms. The number of amides is 15. The van der Waals surface area contributed by atoms with Crippen molar-refractivity contribution in [1.82, 2.24) is 110 Å². The fourth-order valence-electron chi connectivity index (χ4n) is 12.1. The number of rotatable bonds is 62. The summed E-state index contributed by atoms with van der Waals surface area (Å²) in [6, 6.07) is -25.4. The zero-order valence-corrected chi connectivity index (χ0v) is 72.5. The normalized spacial score (nSPS) is 14.5. The van der Waals surface area contributed by atoms with Gasteiger partial charge in [-0.1, -0.05) is 41.5 Å². The number of nitrogens with one attached hydrogen (secondary N) is 22. The molecule has 15 atom stereocenters. The van der Waals surface area contributed by atoms with E-state index in [0.29, 0.717) is 0 Å².